The molecule has 0 aliphatic carbocycles. The van der Waals surface area contributed by atoms with Crippen LogP contribution in [-0.4, -0.2) is 30.8 Å². The molecule has 0 saturated carbocycles. The highest BCUT2D eigenvalue weighted by atomic mass is 16.6. The highest BCUT2D eigenvalue weighted by Gasteiger charge is 2.26. The Morgan fingerprint density at radius 1 is 1.29 bits per heavy atom. The maximum absolute atomic E-state index is 11.6. The lowest BCUT2D eigenvalue weighted by Gasteiger charge is -2.25. The van der Waals surface area contributed by atoms with E-state index in [0.717, 1.165) is 0 Å². The lowest BCUT2D eigenvalue weighted by atomic mass is 10.00. The first-order valence-corrected chi connectivity index (χ1v) is 5.78. The van der Waals surface area contributed by atoms with Crippen LogP contribution in [0.15, 0.2) is 0 Å². The Labute approximate surface area is 103 Å². The lowest BCUT2D eigenvalue weighted by molar-refractivity contribution is -0.145. The minimum atomic E-state index is -0.545. The lowest BCUT2D eigenvalue weighted by Crippen LogP contribution is -2.44. The molecule has 0 heterocycles. The minimum absolute atomic E-state index is 0.280. The number of alkyl carbamates (subject to hydrolysis) is 1. The smallest absolute Gasteiger partial charge is 0.407 e. The second-order valence-corrected chi connectivity index (χ2v) is 4.97. The van der Waals surface area contributed by atoms with Crippen LogP contribution in [0, 0.1) is 5.92 Å². The topological polar surface area (TPSA) is 64.6 Å². The number of hydrogen-bond acceptors (Lipinski definition) is 4. The molecule has 0 radical (unpaired) electrons. The summed E-state index contributed by atoms with van der Waals surface area (Å²) in [6.07, 6.45) is 0.121. The zero-order valence-electron chi connectivity index (χ0n) is 11.5. The van der Waals surface area contributed by atoms with Gasteiger partial charge in [-0.05, 0) is 34.1 Å². The van der Waals surface area contributed by atoms with Gasteiger partial charge in [0, 0.05) is 6.04 Å². The number of carbonyl (C=O) groups excluding carboxylic acids is 2. The average Bonchev–Trinajstić information content (AvgIpc) is 2.21. The van der Waals surface area contributed by atoms with Gasteiger partial charge in [-0.15, -0.1) is 0 Å². The van der Waals surface area contributed by atoms with E-state index in [1.165, 1.54) is 7.11 Å². The third-order valence-corrected chi connectivity index (χ3v) is 2.32. The highest BCUT2D eigenvalue weighted by Crippen LogP contribution is 2.11. The molecule has 5 nitrogen and oxygen atoms in total. The van der Waals surface area contributed by atoms with Gasteiger partial charge in [-0.25, -0.2) is 4.79 Å². The Kier molecular flexibility index (Phi) is 5.99. The van der Waals surface area contributed by atoms with Crippen LogP contribution in [0.5, 0.6) is 0 Å². The molecule has 0 aromatic rings. The van der Waals surface area contributed by atoms with E-state index in [0.29, 0.717) is 6.42 Å². The van der Waals surface area contributed by atoms with E-state index in [1.54, 1.807) is 27.7 Å². The van der Waals surface area contributed by atoms with Crippen molar-refractivity contribution >= 4 is 12.1 Å². The molecule has 2 unspecified atom stereocenters. The number of nitrogens with one attached hydrogen (secondary N) is 1. The number of hydrogen-bond donors (Lipinski definition) is 1. The van der Waals surface area contributed by atoms with Gasteiger partial charge in [0.1, 0.15) is 5.60 Å². The number of esters is 1. The standard InChI is InChI=1S/C12H23NO4/c1-7-9(8(2)10(14)16-6)13-11(15)17-12(3,4)5/h8-9H,7H2,1-6H3,(H,13,15). The summed E-state index contributed by atoms with van der Waals surface area (Å²) in [7, 11) is 1.33. The van der Waals surface area contributed by atoms with E-state index in [9.17, 15) is 9.59 Å². The molecular weight excluding hydrogens is 222 g/mol. The molecule has 1 N–H and O–H groups in total. The van der Waals surface area contributed by atoms with Crippen LogP contribution in [0.4, 0.5) is 4.79 Å². The summed E-state index contributed by atoms with van der Waals surface area (Å²) < 4.78 is 9.78. The van der Waals surface area contributed by atoms with E-state index in [4.69, 9.17) is 4.74 Å². The van der Waals surface area contributed by atoms with Crippen LogP contribution in [0.1, 0.15) is 41.0 Å². The molecule has 0 aliphatic rings. The van der Waals surface area contributed by atoms with Crippen molar-refractivity contribution < 1.29 is 19.1 Å². The number of methoxy groups -OCH3 is 1. The number of rotatable bonds is 4. The maximum atomic E-state index is 11.6. The van der Waals surface area contributed by atoms with Crippen molar-refractivity contribution in [2.45, 2.75) is 52.7 Å². The van der Waals surface area contributed by atoms with Crippen LogP contribution in [0.25, 0.3) is 0 Å². The molecule has 1 amide bonds. The molecule has 2 atom stereocenters. The minimum Gasteiger partial charge on any atom is -0.469 e. The van der Waals surface area contributed by atoms with Crippen LogP contribution >= 0.6 is 0 Å². The summed E-state index contributed by atoms with van der Waals surface area (Å²) in [4.78, 5) is 22.9. The molecule has 0 fully saturated rings. The van der Waals surface area contributed by atoms with Crippen LogP contribution in [0.2, 0.25) is 0 Å². The van der Waals surface area contributed by atoms with Gasteiger partial charge in [0.05, 0.1) is 13.0 Å². The maximum Gasteiger partial charge on any atom is 0.407 e. The molecular formula is C12H23NO4. The Morgan fingerprint density at radius 3 is 2.18 bits per heavy atom. The second-order valence-electron chi connectivity index (χ2n) is 4.97. The second kappa shape index (κ2) is 6.47. The van der Waals surface area contributed by atoms with Crippen molar-refractivity contribution in [3.05, 3.63) is 0 Å². The highest BCUT2D eigenvalue weighted by molar-refractivity contribution is 5.74. The number of amides is 1. The molecule has 0 saturated heterocycles. The van der Waals surface area contributed by atoms with Gasteiger partial charge in [-0.1, -0.05) is 6.92 Å². The summed E-state index contributed by atoms with van der Waals surface area (Å²) >= 11 is 0. The van der Waals surface area contributed by atoms with E-state index in [-0.39, 0.29) is 12.0 Å². The van der Waals surface area contributed by atoms with Crippen molar-refractivity contribution in [2.75, 3.05) is 7.11 Å². The Balaban J connectivity index is 4.40. The van der Waals surface area contributed by atoms with E-state index in [1.807, 2.05) is 6.92 Å². The zero-order chi connectivity index (χ0) is 13.6. The quantitative estimate of drug-likeness (QED) is 0.770. The summed E-state index contributed by atoms with van der Waals surface area (Å²) in [5.74, 6) is -0.731. The van der Waals surface area contributed by atoms with E-state index in [2.05, 4.69) is 10.1 Å². The van der Waals surface area contributed by atoms with Crippen molar-refractivity contribution in [1.29, 1.82) is 0 Å². The Morgan fingerprint density at radius 2 is 1.82 bits per heavy atom. The van der Waals surface area contributed by atoms with Crippen molar-refractivity contribution in [2.24, 2.45) is 5.92 Å². The van der Waals surface area contributed by atoms with Crippen LogP contribution in [-0.2, 0) is 14.3 Å². The van der Waals surface area contributed by atoms with Crippen molar-refractivity contribution in [1.82, 2.24) is 5.32 Å². The monoisotopic (exact) mass is 245 g/mol. The van der Waals surface area contributed by atoms with E-state index < -0.39 is 17.6 Å². The molecule has 0 aliphatic heterocycles. The Hall–Kier alpha value is -1.26. The number of carbonyl (C=O) groups is 2. The summed E-state index contributed by atoms with van der Waals surface area (Å²) in [6, 6.07) is -0.280. The molecule has 0 bridgehead atoms. The largest absolute Gasteiger partial charge is 0.469 e. The summed E-state index contributed by atoms with van der Waals surface area (Å²) in [5.41, 5.74) is -0.545. The molecule has 0 aromatic heterocycles. The molecule has 0 rings (SSSR count). The SMILES string of the molecule is CCC(NC(=O)OC(C)(C)C)C(C)C(=O)OC. The molecule has 5 heteroatoms. The summed E-state index contributed by atoms with van der Waals surface area (Å²) in [6.45, 7) is 8.98. The van der Waals surface area contributed by atoms with Gasteiger partial charge in [0.15, 0.2) is 0 Å². The van der Waals surface area contributed by atoms with Crippen molar-refractivity contribution in [3.8, 4) is 0 Å². The van der Waals surface area contributed by atoms with Gasteiger partial charge >= 0.3 is 12.1 Å². The van der Waals surface area contributed by atoms with Gasteiger partial charge in [0.2, 0.25) is 0 Å². The van der Waals surface area contributed by atoms with Crippen molar-refractivity contribution in [3.63, 3.8) is 0 Å². The summed E-state index contributed by atoms with van der Waals surface area (Å²) in [5, 5.41) is 2.68. The third kappa shape index (κ3) is 6.14. The fourth-order valence-corrected chi connectivity index (χ4v) is 1.39. The molecule has 0 spiro atoms. The molecule has 17 heavy (non-hydrogen) atoms. The number of ether oxygens (including phenoxy) is 2. The Bertz CT molecular complexity index is 270. The first kappa shape index (κ1) is 15.7. The first-order valence-electron chi connectivity index (χ1n) is 5.78. The van der Waals surface area contributed by atoms with Crippen LogP contribution in [0.3, 0.4) is 0 Å². The predicted octanol–water partition coefficient (Wildman–Crippen LogP) is 2.10. The third-order valence-electron chi connectivity index (χ3n) is 2.32. The molecule has 100 valence electrons. The zero-order valence-corrected chi connectivity index (χ0v) is 11.5. The average molecular weight is 245 g/mol. The normalized spacial score (nSPS) is 14.7. The van der Waals surface area contributed by atoms with Gasteiger partial charge in [-0.2, -0.15) is 0 Å². The first-order chi connectivity index (χ1) is 7.71. The predicted molar refractivity (Wildman–Crippen MR) is 64.6 cm³/mol. The van der Waals surface area contributed by atoms with Gasteiger partial charge in [-0.3, -0.25) is 4.79 Å². The van der Waals surface area contributed by atoms with Gasteiger partial charge < -0.3 is 14.8 Å². The fraction of sp³-hybridized carbons (Fsp3) is 0.833. The fourth-order valence-electron chi connectivity index (χ4n) is 1.39. The van der Waals surface area contributed by atoms with E-state index >= 15 is 0 Å². The van der Waals surface area contributed by atoms with Crippen LogP contribution < -0.4 is 5.32 Å². The van der Waals surface area contributed by atoms with Gasteiger partial charge in [0.25, 0.3) is 0 Å². The molecule has 0 aromatic carbocycles.